The first kappa shape index (κ1) is 21.7. The number of carbonyl (C=O) groups is 3. The minimum absolute atomic E-state index is 0.0848. The van der Waals surface area contributed by atoms with Gasteiger partial charge in [0.2, 0.25) is 5.91 Å². The summed E-state index contributed by atoms with van der Waals surface area (Å²) in [5.41, 5.74) is 0.833. The lowest BCUT2D eigenvalue weighted by molar-refractivity contribution is -0.144. The largest absolute Gasteiger partial charge is 0.480 e. The Morgan fingerprint density at radius 3 is 2.43 bits per heavy atom. The van der Waals surface area contributed by atoms with Crippen LogP contribution in [0.25, 0.3) is 0 Å². The Kier molecular flexibility index (Phi) is 8.74. The van der Waals surface area contributed by atoms with Gasteiger partial charge in [-0.25, -0.2) is 9.59 Å². The molecule has 1 saturated carbocycles. The summed E-state index contributed by atoms with van der Waals surface area (Å²) in [5.74, 6) is -1.69. The van der Waals surface area contributed by atoms with Crippen molar-refractivity contribution in [2.24, 2.45) is 5.92 Å². The van der Waals surface area contributed by atoms with E-state index in [-0.39, 0.29) is 25.5 Å². The van der Waals surface area contributed by atoms with Crippen LogP contribution in [0, 0.1) is 5.92 Å². The predicted octanol–water partition coefficient (Wildman–Crippen LogP) is 1.81. The molecule has 2 atom stereocenters. The van der Waals surface area contributed by atoms with Crippen LogP contribution in [-0.2, 0) is 20.9 Å². The van der Waals surface area contributed by atoms with Crippen LogP contribution in [0.15, 0.2) is 30.3 Å². The van der Waals surface area contributed by atoms with Crippen LogP contribution in [0.1, 0.15) is 44.1 Å². The molecule has 0 heterocycles. The fraction of sp³-hybridized carbons (Fsp3) is 0.550. The van der Waals surface area contributed by atoms with Crippen molar-refractivity contribution in [1.82, 2.24) is 10.6 Å². The zero-order valence-corrected chi connectivity index (χ0v) is 15.8. The van der Waals surface area contributed by atoms with Gasteiger partial charge in [0.25, 0.3) is 0 Å². The first-order valence-corrected chi connectivity index (χ1v) is 9.60. The van der Waals surface area contributed by atoms with E-state index in [1.807, 2.05) is 30.3 Å². The summed E-state index contributed by atoms with van der Waals surface area (Å²) in [6.07, 6.45) is 2.42. The van der Waals surface area contributed by atoms with Crippen LogP contribution in [0.2, 0.25) is 0 Å². The number of hydrogen-bond acceptors (Lipinski definition) is 5. The molecule has 0 radical (unpaired) electrons. The van der Waals surface area contributed by atoms with E-state index in [4.69, 9.17) is 4.74 Å². The molecule has 0 saturated heterocycles. The SMILES string of the molecule is O=C(C[C@@H](O)CNC(=O)OCc1ccccc1)N[C@@H](C(=O)O)C1CCCCC1. The third-order valence-corrected chi connectivity index (χ3v) is 4.82. The highest BCUT2D eigenvalue weighted by Gasteiger charge is 2.31. The average Bonchev–Trinajstić information content (AvgIpc) is 2.70. The van der Waals surface area contributed by atoms with Crippen LogP contribution in [0.4, 0.5) is 4.79 Å². The molecule has 28 heavy (non-hydrogen) atoms. The summed E-state index contributed by atoms with van der Waals surface area (Å²) < 4.78 is 5.02. The number of carboxylic acids is 1. The molecule has 2 rings (SSSR count). The smallest absolute Gasteiger partial charge is 0.407 e. The molecule has 0 bridgehead atoms. The molecule has 1 aromatic rings. The molecule has 1 aromatic carbocycles. The van der Waals surface area contributed by atoms with Crippen molar-refractivity contribution in [3.8, 4) is 0 Å². The first-order valence-electron chi connectivity index (χ1n) is 9.60. The topological polar surface area (TPSA) is 125 Å². The second-order valence-electron chi connectivity index (χ2n) is 7.08. The van der Waals surface area contributed by atoms with Crippen molar-refractivity contribution >= 4 is 18.0 Å². The maximum Gasteiger partial charge on any atom is 0.407 e. The number of amides is 2. The molecule has 8 heteroatoms. The third-order valence-electron chi connectivity index (χ3n) is 4.82. The van der Waals surface area contributed by atoms with Crippen molar-refractivity contribution in [2.45, 2.75) is 57.3 Å². The Balaban J connectivity index is 1.69. The second kappa shape index (κ2) is 11.3. The summed E-state index contributed by atoms with van der Waals surface area (Å²) in [7, 11) is 0. The number of carboxylic acid groups (broad SMARTS) is 1. The summed E-state index contributed by atoms with van der Waals surface area (Å²) in [6.45, 7) is -0.0624. The normalized spacial score (nSPS) is 16.6. The number of hydrogen-bond donors (Lipinski definition) is 4. The van der Waals surface area contributed by atoms with Crippen molar-refractivity contribution in [1.29, 1.82) is 0 Å². The lowest BCUT2D eigenvalue weighted by Gasteiger charge is -2.28. The zero-order valence-electron chi connectivity index (χ0n) is 15.8. The molecule has 1 fully saturated rings. The minimum atomic E-state index is -1.13. The zero-order chi connectivity index (χ0) is 20.4. The van der Waals surface area contributed by atoms with Crippen LogP contribution in [-0.4, -0.2) is 46.9 Å². The number of aliphatic hydroxyl groups excluding tert-OH is 1. The van der Waals surface area contributed by atoms with E-state index in [1.54, 1.807) is 0 Å². The molecule has 0 aliphatic heterocycles. The molecule has 1 aliphatic rings. The molecular weight excluding hydrogens is 364 g/mol. The number of nitrogens with one attached hydrogen (secondary N) is 2. The molecule has 8 nitrogen and oxygen atoms in total. The van der Waals surface area contributed by atoms with Gasteiger partial charge in [0.05, 0.1) is 12.5 Å². The van der Waals surface area contributed by atoms with Gasteiger partial charge in [0, 0.05) is 6.54 Å². The number of ether oxygens (including phenoxy) is 1. The molecule has 2 amide bonds. The Labute approximate surface area is 164 Å². The van der Waals surface area contributed by atoms with E-state index >= 15 is 0 Å². The van der Waals surface area contributed by atoms with E-state index in [9.17, 15) is 24.6 Å². The van der Waals surface area contributed by atoms with Crippen LogP contribution in [0.3, 0.4) is 0 Å². The predicted molar refractivity (Wildman–Crippen MR) is 101 cm³/mol. The van der Waals surface area contributed by atoms with Gasteiger partial charge < -0.3 is 25.6 Å². The monoisotopic (exact) mass is 392 g/mol. The molecule has 154 valence electrons. The molecule has 4 N–H and O–H groups in total. The van der Waals surface area contributed by atoms with Crippen LogP contribution >= 0.6 is 0 Å². The fourth-order valence-corrected chi connectivity index (χ4v) is 3.34. The number of aliphatic carboxylic acids is 1. The molecule has 1 aliphatic carbocycles. The number of alkyl carbamates (subject to hydrolysis) is 1. The van der Waals surface area contributed by atoms with Crippen molar-refractivity contribution in [3.63, 3.8) is 0 Å². The number of carbonyl (C=O) groups excluding carboxylic acids is 2. The number of benzene rings is 1. The molecule has 0 aromatic heterocycles. The summed E-state index contributed by atoms with van der Waals surface area (Å²) in [5, 5.41) is 24.2. The van der Waals surface area contributed by atoms with Crippen molar-refractivity contribution < 1.29 is 29.3 Å². The van der Waals surface area contributed by atoms with Gasteiger partial charge in [-0.15, -0.1) is 0 Å². The fourth-order valence-electron chi connectivity index (χ4n) is 3.34. The Morgan fingerprint density at radius 1 is 1.11 bits per heavy atom. The number of rotatable bonds is 9. The van der Waals surface area contributed by atoms with E-state index in [0.717, 1.165) is 37.7 Å². The lowest BCUT2D eigenvalue weighted by Crippen LogP contribution is -2.47. The van der Waals surface area contributed by atoms with Crippen molar-refractivity contribution in [2.75, 3.05) is 6.54 Å². The van der Waals surface area contributed by atoms with Gasteiger partial charge in [-0.2, -0.15) is 0 Å². The Morgan fingerprint density at radius 2 is 1.79 bits per heavy atom. The van der Waals surface area contributed by atoms with E-state index in [1.165, 1.54) is 0 Å². The van der Waals surface area contributed by atoms with E-state index in [2.05, 4.69) is 10.6 Å². The van der Waals surface area contributed by atoms with Gasteiger partial charge in [-0.1, -0.05) is 49.6 Å². The Bertz CT molecular complexity index is 645. The minimum Gasteiger partial charge on any atom is -0.480 e. The van der Waals surface area contributed by atoms with Gasteiger partial charge >= 0.3 is 12.1 Å². The highest BCUT2D eigenvalue weighted by molar-refractivity contribution is 5.84. The highest BCUT2D eigenvalue weighted by Crippen LogP contribution is 2.26. The Hall–Kier alpha value is -2.61. The molecule has 0 spiro atoms. The third kappa shape index (κ3) is 7.56. The lowest BCUT2D eigenvalue weighted by atomic mass is 9.84. The first-order chi connectivity index (χ1) is 13.5. The summed E-state index contributed by atoms with van der Waals surface area (Å²) >= 11 is 0. The summed E-state index contributed by atoms with van der Waals surface area (Å²) in [6, 6.07) is 8.21. The summed E-state index contributed by atoms with van der Waals surface area (Å²) in [4.78, 5) is 35.2. The highest BCUT2D eigenvalue weighted by atomic mass is 16.5. The van der Waals surface area contributed by atoms with Crippen molar-refractivity contribution in [3.05, 3.63) is 35.9 Å². The van der Waals surface area contributed by atoms with Gasteiger partial charge in [-0.05, 0) is 24.3 Å². The number of aliphatic hydroxyl groups is 1. The van der Waals surface area contributed by atoms with Gasteiger partial charge in [-0.3, -0.25) is 4.79 Å². The van der Waals surface area contributed by atoms with Gasteiger partial charge in [0.1, 0.15) is 12.6 Å². The standard InChI is InChI=1S/C20H28N2O6/c23-16(12-21-20(27)28-13-14-7-3-1-4-8-14)11-17(24)22-18(19(25)26)15-9-5-2-6-10-15/h1,3-4,7-8,15-16,18,23H,2,5-6,9-13H2,(H,21,27)(H,22,24)(H,25,26)/t16-,18-/m1/s1. The molecular formula is C20H28N2O6. The maximum atomic E-state index is 12.1. The second-order valence-corrected chi connectivity index (χ2v) is 7.08. The van der Waals surface area contributed by atoms with Gasteiger partial charge in [0.15, 0.2) is 0 Å². The van der Waals surface area contributed by atoms with Crippen LogP contribution in [0.5, 0.6) is 0 Å². The van der Waals surface area contributed by atoms with E-state index in [0.29, 0.717) is 0 Å². The maximum absolute atomic E-state index is 12.1. The van der Waals surface area contributed by atoms with E-state index < -0.39 is 30.1 Å². The van der Waals surface area contributed by atoms with Crippen LogP contribution < -0.4 is 10.6 Å². The average molecular weight is 392 g/mol. The quantitative estimate of drug-likeness (QED) is 0.508. The molecule has 0 unspecified atom stereocenters.